The molecule has 14 nitrogen and oxygen atoms in total. The molecular weight excluding hydrogens is 979 g/mol. The summed E-state index contributed by atoms with van der Waals surface area (Å²) in [5.41, 5.74) is 0. The number of allylic oxidation sites excluding steroid dienone is 4. The van der Waals surface area contributed by atoms with Crippen LogP contribution in [0.25, 0.3) is 0 Å². The van der Waals surface area contributed by atoms with Crippen molar-refractivity contribution in [2.45, 2.75) is 351 Å². The smallest absolute Gasteiger partial charge is 0.220 e. The van der Waals surface area contributed by atoms with Crippen molar-refractivity contribution >= 4 is 5.91 Å². The molecule has 0 aromatic carbocycles. The van der Waals surface area contributed by atoms with Gasteiger partial charge in [-0.2, -0.15) is 0 Å². The number of amides is 1. The summed E-state index contributed by atoms with van der Waals surface area (Å²) in [7, 11) is 0. The van der Waals surface area contributed by atoms with Crippen LogP contribution >= 0.6 is 0 Å². The molecule has 14 heteroatoms. The predicted molar refractivity (Wildman–Crippen MR) is 309 cm³/mol. The molecular formula is C63H119NO13. The molecule has 9 N–H and O–H groups in total. The Kier molecular flexibility index (Phi) is 45.7. The molecule has 77 heavy (non-hydrogen) atoms. The van der Waals surface area contributed by atoms with E-state index in [1.807, 2.05) is 0 Å². The SMILES string of the molecule is CCCCCCC/C=C\C/C=C\CCCCCCCCCCCCCCCC(=O)NC(COC1OC(CO)C(OC2OC(CO)C(O)C(O)C2O)C(O)C1O)C(O)CCCCCCCCCCCCCCCCCCCC. The first kappa shape index (κ1) is 71.6. The lowest BCUT2D eigenvalue weighted by Gasteiger charge is -2.46. The van der Waals surface area contributed by atoms with Crippen LogP contribution in [-0.4, -0.2) is 140 Å². The van der Waals surface area contributed by atoms with Gasteiger partial charge in [0.05, 0.1) is 32.0 Å². The van der Waals surface area contributed by atoms with Gasteiger partial charge in [-0.05, 0) is 44.9 Å². The highest BCUT2D eigenvalue weighted by atomic mass is 16.7. The van der Waals surface area contributed by atoms with E-state index in [9.17, 15) is 45.6 Å². The number of ether oxygens (including phenoxy) is 4. The molecule has 2 rings (SSSR count). The molecule has 2 fully saturated rings. The maximum absolute atomic E-state index is 13.3. The predicted octanol–water partition coefficient (Wildman–Crippen LogP) is 11.6. The van der Waals surface area contributed by atoms with E-state index in [1.54, 1.807) is 0 Å². The molecule has 454 valence electrons. The molecule has 0 radical (unpaired) electrons. The summed E-state index contributed by atoms with van der Waals surface area (Å²) in [6.45, 7) is 2.88. The lowest BCUT2D eigenvalue weighted by atomic mass is 9.97. The fourth-order valence-corrected chi connectivity index (χ4v) is 10.7. The van der Waals surface area contributed by atoms with Crippen molar-refractivity contribution in [3.8, 4) is 0 Å². The number of carbonyl (C=O) groups excluding carboxylic acids is 1. The van der Waals surface area contributed by atoms with Crippen molar-refractivity contribution in [1.29, 1.82) is 0 Å². The van der Waals surface area contributed by atoms with Gasteiger partial charge in [-0.1, -0.05) is 250 Å². The molecule has 0 saturated carbocycles. The zero-order valence-corrected chi connectivity index (χ0v) is 49.0. The fourth-order valence-electron chi connectivity index (χ4n) is 10.7. The van der Waals surface area contributed by atoms with Crippen molar-refractivity contribution in [2.24, 2.45) is 0 Å². The van der Waals surface area contributed by atoms with Gasteiger partial charge in [0, 0.05) is 6.42 Å². The van der Waals surface area contributed by atoms with Gasteiger partial charge in [-0.3, -0.25) is 4.79 Å². The number of rotatable bonds is 52. The Balaban J connectivity index is 1.71. The van der Waals surface area contributed by atoms with E-state index in [0.29, 0.717) is 12.8 Å². The second-order valence-electron chi connectivity index (χ2n) is 22.9. The van der Waals surface area contributed by atoms with Gasteiger partial charge >= 0.3 is 0 Å². The minimum Gasteiger partial charge on any atom is -0.394 e. The molecule has 2 aliphatic heterocycles. The van der Waals surface area contributed by atoms with Gasteiger partial charge < -0.3 is 65.1 Å². The third-order valence-electron chi connectivity index (χ3n) is 15.9. The largest absolute Gasteiger partial charge is 0.394 e. The molecule has 0 bridgehead atoms. The zero-order chi connectivity index (χ0) is 56.0. The van der Waals surface area contributed by atoms with Crippen LogP contribution in [0.1, 0.15) is 277 Å². The summed E-state index contributed by atoms with van der Waals surface area (Å²) < 4.78 is 22.9. The van der Waals surface area contributed by atoms with E-state index in [2.05, 4.69) is 43.5 Å². The van der Waals surface area contributed by atoms with E-state index in [1.165, 1.54) is 193 Å². The Bertz CT molecular complexity index is 1390. The molecule has 12 atom stereocenters. The normalized spacial score (nSPS) is 24.8. The van der Waals surface area contributed by atoms with Crippen molar-refractivity contribution < 1.29 is 64.6 Å². The molecule has 1 amide bonds. The highest BCUT2D eigenvalue weighted by Gasteiger charge is 2.51. The van der Waals surface area contributed by atoms with Crippen molar-refractivity contribution in [3.63, 3.8) is 0 Å². The molecule has 0 aromatic heterocycles. The number of aliphatic hydroxyl groups is 8. The molecule has 2 saturated heterocycles. The van der Waals surface area contributed by atoms with Crippen molar-refractivity contribution in [2.75, 3.05) is 19.8 Å². The highest BCUT2D eigenvalue weighted by Crippen LogP contribution is 2.30. The van der Waals surface area contributed by atoms with Crippen LogP contribution in [0.2, 0.25) is 0 Å². The summed E-state index contributed by atoms with van der Waals surface area (Å²) in [5.74, 6) is -0.204. The number of carbonyl (C=O) groups is 1. The third kappa shape index (κ3) is 34.5. The zero-order valence-electron chi connectivity index (χ0n) is 49.0. The molecule has 0 spiro atoms. The molecule has 2 heterocycles. The van der Waals surface area contributed by atoms with Crippen LogP contribution in [0, 0.1) is 0 Å². The van der Waals surface area contributed by atoms with Crippen molar-refractivity contribution in [1.82, 2.24) is 5.32 Å². The average Bonchev–Trinajstić information content (AvgIpc) is 3.44. The maximum atomic E-state index is 13.3. The van der Waals surface area contributed by atoms with Gasteiger partial charge in [0.1, 0.15) is 48.8 Å². The molecule has 0 aromatic rings. The van der Waals surface area contributed by atoms with Gasteiger partial charge in [-0.15, -0.1) is 0 Å². The Morgan fingerprint density at radius 2 is 0.857 bits per heavy atom. The summed E-state index contributed by atoms with van der Waals surface area (Å²) in [4.78, 5) is 13.3. The number of unbranched alkanes of at least 4 members (excludes halogenated alkanes) is 35. The topological polar surface area (TPSA) is 228 Å². The quantitative estimate of drug-likeness (QED) is 0.0204. The summed E-state index contributed by atoms with van der Waals surface area (Å²) in [5, 5.41) is 87.4. The van der Waals surface area contributed by atoms with Gasteiger partial charge in [0.15, 0.2) is 12.6 Å². The van der Waals surface area contributed by atoms with Crippen LogP contribution in [0.5, 0.6) is 0 Å². The Morgan fingerprint density at radius 3 is 1.30 bits per heavy atom. The maximum Gasteiger partial charge on any atom is 0.220 e. The Hall–Kier alpha value is -1.53. The first-order valence-electron chi connectivity index (χ1n) is 32.1. The number of hydrogen-bond acceptors (Lipinski definition) is 13. The van der Waals surface area contributed by atoms with E-state index in [4.69, 9.17) is 18.9 Å². The van der Waals surface area contributed by atoms with Gasteiger partial charge in [0.2, 0.25) is 5.91 Å². The van der Waals surface area contributed by atoms with Crippen LogP contribution in [0.4, 0.5) is 0 Å². The average molecular weight is 1100 g/mol. The molecule has 12 unspecified atom stereocenters. The van der Waals surface area contributed by atoms with E-state index >= 15 is 0 Å². The number of nitrogens with one attached hydrogen (secondary N) is 1. The highest BCUT2D eigenvalue weighted by molar-refractivity contribution is 5.76. The first-order valence-corrected chi connectivity index (χ1v) is 32.1. The van der Waals surface area contributed by atoms with Crippen LogP contribution in [0.3, 0.4) is 0 Å². The fraction of sp³-hybridized carbons (Fsp3) is 0.921. The Labute approximate surface area is 468 Å². The second kappa shape index (κ2) is 49.1. The minimum atomic E-state index is -1.78. The Morgan fingerprint density at radius 1 is 0.468 bits per heavy atom. The van der Waals surface area contributed by atoms with Crippen LogP contribution < -0.4 is 5.32 Å². The summed E-state index contributed by atoms with van der Waals surface area (Å²) >= 11 is 0. The van der Waals surface area contributed by atoms with Gasteiger partial charge in [0.25, 0.3) is 0 Å². The lowest BCUT2D eigenvalue weighted by Crippen LogP contribution is -2.65. The molecule has 2 aliphatic rings. The van der Waals surface area contributed by atoms with Crippen LogP contribution in [0.15, 0.2) is 24.3 Å². The monoisotopic (exact) mass is 1100 g/mol. The van der Waals surface area contributed by atoms with E-state index in [0.717, 1.165) is 57.8 Å². The standard InChI is InChI=1S/C63H119NO13/c1-3-5-7-9-11-13-15-17-19-21-23-24-25-26-27-28-29-31-33-35-37-39-41-43-45-47-55(68)64-51(52(67)46-44-42-40-38-36-34-32-30-22-20-18-16-14-12-10-8-6-4-2)50-74-62-60(73)58(71)61(54(49-66)76-62)77-63-59(72)57(70)56(69)53(48-65)75-63/h15,17,21,23,51-54,56-63,65-67,69-73H,3-14,16,18-20,22,24-50H2,1-2H3,(H,64,68)/b17-15-,23-21-. The summed E-state index contributed by atoms with van der Waals surface area (Å²) in [6, 6.07) is -0.828. The molecule has 0 aliphatic carbocycles. The lowest BCUT2D eigenvalue weighted by molar-refractivity contribution is -0.359. The van der Waals surface area contributed by atoms with Crippen molar-refractivity contribution in [3.05, 3.63) is 24.3 Å². The summed E-state index contributed by atoms with van der Waals surface area (Å²) in [6.07, 6.45) is 41.7. The first-order chi connectivity index (χ1) is 37.6. The van der Waals surface area contributed by atoms with Crippen LogP contribution in [-0.2, 0) is 23.7 Å². The number of hydrogen-bond donors (Lipinski definition) is 9. The third-order valence-corrected chi connectivity index (χ3v) is 15.9. The van der Waals surface area contributed by atoms with E-state index < -0.39 is 86.8 Å². The number of aliphatic hydroxyl groups excluding tert-OH is 8. The van der Waals surface area contributed by atoms with Gasteiger partial charge in [-0.25, -0.2) is 0 Å². The second-order valence-corrected chi connectivity index (χ2v) is 22.9. The van der Waals surface area contributed by atoms with E-state index in [-0.39, 0.29) is 12.5 Å². The minimum absolute atomic E-state index is 0.204.